The number of nitrogens with zero attached hydrogens (tertiary/aromatic N) is 3. The molecule has 0 N–H and O–H groups in total. The first-order valence-electron chi connectivity index (χ1n) is 4.97. The molecule has 10 heteroatoms. The Bertz CT molecular complexity index is 750. The molecule has 0 aromatic carbocycles. The first kappa shape index (κ1) is 15.8. The van der Waals surface area contributed by atoms with Gasteiger partial charge in [-0.15, -0.1) is 5.10 Å². The van der Waals surface area contributed by atoms with E-state index in [4.69, 9.17) is 15.9 Å². The van der Waals surface area contributed by atoms with Crippen LogP contribution in [0.25, 0.3) is 0 Å². The Hall–Kier alpha value is -1.24. The summed E-state index contributed by atoms with van der Waals surface area (Å²) in [4.78, 5) is 0. The molecule has 0 unspecified atom stereocenters. The van der Waals surface area contributed by atoms with Crippen LogP contribution in [0.3, 0.4) is 0 Å². The van der Waals surface area contributed by atoms with E-state index < -0.39 is 35.4 Å². The Balaban J connectivity index is 3.31. The van der Waals surface area contributed by atoms with Gasteiger partial charge in [0.2, 0.25) is 9.05 Å². The highest BCUT2D eigenvalue weighted by Gasteiger charge is 2.25. The zero-order chi connectivity index (χ0) is 14.8. The molecule has 0 bridgehead atoms. The molecule has 19 heavy (non-hydrogen) atoms. The van der Waals surface area contributed by atoms with E-state index in [1.807, 2.05) is 0 Å². The quantitative estimate of drug-likeness (QED) is 0.731. The maximum absolute atomic E-state index is 11.9. The van der Waals surface area contributed by atoms with Crippen molar-refractivity contribution in [3.63, 3.8) is 0 Å². The second kappa shape index (κ2) is 5.40. The third kappa shape index (κ3) is 3.86. The van der Waals surface area contributed by atoms with Gasteiger partial charge in [-0.2, -0.15) is 10.4 Å². The Labute approximate surface area is 115 Å². The molecule has 1 aromatic heterocycles. The highest BCUT2D eigenvalue weighted by atomic mass is 35.7. The maximum Gasteiger partial charge on any atom is 0.233 e. The fourth-order valence-corrected chi connectivity index (χ4v) is 4.35. The van der Waals surface area contributed by atoms with Crippen LogP contribution < -0.4 is 0 Å². The van der Waals surface area contributed by atoms with Crippen molar-refractivity contribution in [3.05, 3.63) is 16.8 Å². The van der Waals surface area contributed by atoms with Crippen LogP contribution >= 0.6 is 10.7 Å². The molecule has 0 aliphatic heterocycles. The topological polar surface area (TPSA) is 118 Å². The summed E-state index contributed by atoms with van der Waals surface area (Å²) in [6.45, 7) is 3.13. The van der Waals surface area contributed by atoms with Crippen molar-refractivity contribution in [2.75, 3.05) is 11.5 Å². The van der Waals surface area contributed by atoms with Crippen LogP contribution in [0.4, 0.5) is 0 Å². The summed E-state index contributed by atoms with van der Waals surface area (Å²) in [7, 11) is -3.01. The summed E-state index contributed by atoms with van der Waals surface area (Å²) < 4.78 is 45.5. The van der Waals surface area contributed by atoms with Crippen molar-refractivity contribution in [3.8, 4) is 6.07 Å². The number of hydrogen-bond acceptors (Lipinski definition) is 7. The van der Waals surface area contributed by atoms with Crippen LogP contribution in [0.5, 0.6) is 0 Å². The summed E-state index contributed by atoms with van der Waals surface area (Å²) in [6, 6.07) is 1.74. The molecule has 1 aromatic rings. The van der Waals surface area contributed by atoms with Crippen molar-refractivity contribution in [1.82, 2.24) is 10.2 Å². The normalized spacial score (nSPS) is 12.1. The van der Waals surface area contributed by atoms with Crippen molar-refractivity contribution in [1.29, 1.82) is 5.26 Å². The average Bonchev–Trinajstić information content (AvgIpc) is 2.29. The molecule has 0 radical (unpaired) electrons. The molecule has 0 spiro atoms. The fraction of sp³-hybridized carbons (Fsp3) is 0.444. The lowest BCUT2D eigenvalue weighted by Crippen LogP contribution is -2.18. The third-order valence-corrected chi connectivity index (χ3v) is 5.45. The molecule has 0 atom stereocenters. The number of sulfone groups is 1. The van der Waals surface area contributed by atoms with Crippen molar-refractivity contribution < 1.29 is 16.8 Å². The number of hydrogen-bond donors (Lipinski definition) is 0. The molecule has 0 amide bonds. The smallest absolute Gasteiger partial charge is 0.222 e. The van der Waals surface area contributed by atoms with Gasteiger partial charge in [0, 0.05) is 10.7 Å². The minimum Gasteiger partial charge on any atom is -0.222 e. The maximum atomic E-state index is 11.9. The Morgan fingerprint density at radius 3 is 2.21 bits per heavy atom. The van der Waals surface area contributed by atoms with Gasteiger partial charge in [0.15, 0.2) is 14.9 Å². The average molecular weight is 324 g/mol. The summed E-state index contributed by atoms with van der Waals surface area (Å²) in [6.07, 6.45) is 0. The number of rotatable bonds is 4. The lowest BCUT2D eigenvalue weighted by Gasteiger charge is -2.07. The molecular formula is C9H10ClN3O4S2. The Kier molecular flexibility index (Phi) is 4.50. The minimum atomic E-state index is -4.04. The fourth-order valence-electron chi connectivity index (χ4n) is 1.24. The van der Waals surface area contributed by atoms with Gasteiger partial charge in [-0.05, 0) is 19.4 Å². The summed E-state index contributed by atoms with van der Waals surface area (Å²) in [5, 5.41) is 15.6. The molecule has 0 aliphatic rings. The zero-order valence-electron chi connectivity index (χ0n) is 10.1. The second-order valence-electron chi connectivity index (χ2n) is 3.76. The lowest BCUT2D eigenvalue weighted by atomic mass is 10.1. The molecule has 0 fully saturated rings. The van der Waals surface area contributed by atoms with E-state index in [2.05, 4.69) is 10.2 Å². The highest BCUT2D eigenvalue weighted by Crippen LogP contribution is 2.19. The van der Waals surface area contributed by atoms with Crippen LogP contribution in [0.1, 0.15) is 16.8 Å². The van der Waals surface area contributed by atoms with E-state index in [0.717, 1.165) is 0 Å². The van der Waals surface area contributed by atoms with E-state index in [9.17, 15) is 16.8 Å². The largest absolute Gasteiger partial charge is 0.233 e. The third-order valence-electron chi connectivity index (χ3n) is 2.42. The molecule has 0 aliphatic carbocycles. The molecular weight excluding hydrogens is 314 g/mol. The number of nitriles is 1. The first-order valence-corrected chi connectivity index (χ1v) is 9.10. The molecule has 104 valence electrons. The van der Waals surface area contributed by atoms with Crippen LogP contribution in [-0.4, -0.2) is 38.5 Å². The van der Waals surface area contributed by atoms with Crippen LogP contribution in [-0.2, 0) is 18.9 Å². The summed E-state index contributed by atoms with van der Waals surface area (Å²) in [5.74, 6) is -1.50. The summed E-state index contributed by atoms with van der Waals surface area (Å²) >= 11 is 0. The zero-order valence-corrected chi connectivity index (χ0v) is 12.5. The van der Waals surface area contributed by atoms with Gasteiger partial charge >= 0.3 is 0 Å². The highest BCUT2D eigenvalue weighted by molar-refractivity contribution is 8.14. The molecule has 1 rings (SSSR count). The van der Waals surface area contributed by atoms with Crippen molar-refractivity contribution in [2.45, 2.75) is 18.9 Å². The monoisotopic (exact) mass is 323 g/mol. The van der Waals surface area contributed by atoms with Gasteiger partial charge in [0.1, 0.15) is 6.07 Å². The van der Waals surface area contributed by atoms with E-state index in [0.29, 0.717) is 11.3 Å². The van der Waals surface area contributed by atoms with E-state index in [-0.39, 0.29) is 5.56 Å². The van der Waals surface area contributed by atoms with Crippen LogP contribution in [0.2, 0.25) is 0 Å². The standard InChI is InChI=1S/C9H10ClN3O4S2/c1-6-7(2)12-13-9(8(6)5-11)18(14,15)3-4-19(10,16)17/h3-4H2,1-2H3. The van der Waals surface area contributed by atoms with Crippen molar-refractivity contribution in [2.24, 2.45) is 0 Å². The van der Waals surface area contributed by atoms with E-state index in [1.165, 1.54) is 0 Å². The molecule has 7 nitrogen and oxygen atoms in total. The van der Waals surface area contributed by atoms with E-state index >= 15 is 0 Å². The van der Waals surface area contributed by atoms with Gasteiger partial charge in [-0.1, -0.05) is 0 Å². The van der Waals surface area contributed by atoms with E-state index in [1.54, 1.807) is 19.9 Å². The number of halogens is 1. The number of aromatic nitrogens is 2. The van der Waals surface area contributed by atoms with Gasteiger partial charge < -0.3 is 0 Å². The minimum absolute atomic E-state index is 0.125. The Morgan fingerprint density at radius 1 is 1.16 bits per heavy atom. The summed E-state index contributed by atoms with van der Waals surface area (Å²) in [5.41, 5.74) is 0.699. The lowest BCUT2D eigenvalue weighted by molar-refractivity contribution is 0.586. The number of aryl methyl sites for hydroxylation is 1. The van der Waals surface area contributed by atoms with Gasteiger partial charge in [0.05, 0.1) is 22.8 Å². The van der Waals surface area contributed by atoms with Gasteiger partial charge in [0.25, 0.3) is 0 Å². The molecule has 0 saturated carbocycles. The predicted octanol–water partition coefficient (Wildman–Crippen LogP) is 0.307. The molecule has 0 saturated heterocycles. The van der Waals surface area contributed by atoms with Crippen LogP contribution in [0.15, 0.2) is 5.03 Å². The first-order chi connectivity index (χ1) is 8.58. The Morgan fingerprint density at radius 2 is 1.74 bits per heavy atom. The second-order valence-corrected chi connectivity index (χ2v) is 8.69. The molecule has 1 heterocycles. The van der Waals surface area contributed by atoms with Gasteiger partial charge in [-0.3, -0.25) is 0 Å². The predicted molar refractivity (Wildman–Crippen MR) is 67.9 cm³/mol. The SMILES string of the molecule is Cc1nnc(S(=O)(=O)CCS(=O)(=O)Cl)c(C#N)c1C. The van der Waals surface area contributed by atoms with Crippen molar-refractivity contribution >= 4 is 29.6 Å². The van der Waals surface area contributed by atoms with Crippen LogP contribution in [0, 0.1) is 25.2 Å². The van der Waals surface area contributed by atoms with Gasteiger partial charge in [-0.25, -0.2) is 16.8 Å².